The van der Waals surface area contributed by atoms with E-state index in [1.807, 2.05) is 66.9 Å². The van der Waals surface area contributed by atoms with Gasteiger partial charge in [-0.2, -0.15) is 0 Å². The first-order valence-electron chi connectivity index (χ1n) is 12.7. The maximum Gasteiger partial charge on any atom is 0.328 e. The summed E-state index contributed by atoms with van der Waals surface area (Å²) in [6.07, 6.45) is 5.50. The summed E-state index contributed by atoms with van der Waals surface area (Å²) in [4.78, 5) is 47.8. The van der Waals surface area contributed by atoms with E-state index < -0.39 is 17.9 Å². The van der Waals surface area contributed by atoms with Gasteiger partial charge in [-0.1, -0.05) is 30.3 Å². The van der Waals surface area contributed by atoms with Crippen LogP contribution in [-0.2, 0) is 16.0 Å². The average molecular weight is 529 g/mol. The van der Waals surface area contributed by atoms with E-state index in [1.165, 1.54) is 7.11 Å². The Kier molecular flexibility index (Phi) is 6.68. The molecule has 40 heavy (non-hydrogen) atoms. The number of carbonyl (C=O) groups excluding carboxylic acids is 2. The van der Waals surface area contributed by atoms with Crippen LogP contribution >= 0.6 is 0 Å². The molecule has 0 aliphatic rings. The first-order chi connectivity index (χ1) is 19.6. The quantitative estimate of drug-likeness (QED) is 0.287. The number of esters is 1. The van der Waals surface area contributed by atoms with Crippen molar-refractivity contribution in [1.82, 2.24) is 30.2 Å². The first-order valence-corrected chi connectivity index (χ1v) is 12.7. The zero-order chi connectivity index (χ0) is 27.5. The molecule has 1 atom stereocenters. The molecule has 0 saturated carbocycles. The number of hydrogen-bond donors (Lipinski definition) is 2. The normalized spacial score (nSPS) is 11.8. The second-order valence-electron chi connectivity index (χ2n) is 9.17. The number of hydrogen-bond acceptors (Lipinski definition) is 7. The van der Waals surface area contributed by atoms with Gasteiger partial charge >= 0.3 is 5.97 Å². The summed E-state index contributed by atoms with van der Waals surface area (Å²) in [6, 6.07) is 23.1. The molecule has 4 aromatic heterocycles. The molecule has 0 saturated heterocycles. The lowest BCUT2D eigenvalue weighted by Crippen LogP contribution is -2.43. The summed E-state index contributed by atoms with van der Waals surface area (Å²) in [5.41, 5.74) is 5.75. The number of fused-ring (bicyclic) bond motifs is 2. The Hall–Kier alpha value is -5.44. The predicted molar refractivity (Wildman–Crippen MR) is 151 cm³/mol. The molecule has 6 rings (SSSR count). The number of pyridine rings is 2. The van der Waals surface area contributed by atoms with Crippen molar-refractivity contribution in [2.24, 2.45) is 0 Å². The minimum absolute atomic E-state index is 0.271. The molecule has 4 heterocycles. The van der Waals surface area contributed by atoms with Gasteiger partial charge in [-0.3, -0.25) is 14.8 Å². The molecule has 0 aliphatic heterocycles. The highest BCUT2D eigenvalue weighted by molar-refractivity contribution is 6.00. The third-order valence-corrected chi connectivity index (χ3v) is 6.63. The van der Waals surface area contributed by atoms with Crippen molar-refractivity contribution in [2.45, 2.75) is 12.5 Å². The Balaban J connectivity index is 1.34. The van der Waals surface area contributed by atoms with E-state index in [2.05, 4.69) is 20.3 Å². The van der Waals surface area contributed by atoms with E-state index >= 15 is 0 Å². The Morgan fingerprint density at radius 2 is 1.52 bits per heavy atom. The molecule has 0 spiro atoms. The molecule has 1 amide bonds. The number of aromatic nitrogens is 5. The van der Waals surface area contributed by atoms with Crippen LogP contribution in [0.25, 0.3) is 44.7 Å². The second-order valence-corrected chi connectivity index (χ2v) is 9.17. The van der Waals surface area contributed by atoms with Crippen LogP contribution < -0.4 is 5.32 Å². The van der Waals surface area contributed by atoms with Gasteiger partial charge in [-0.25, -0.2) is 14.8 Å². The number of nitrogens with one attached hydrogen (secondary N) is 2. The average Bonchev–Trinajstić information content (AvgIpc) is 3.43. The fourth-order valence-corrected chi connectivity index (χ4v) is 4.66. The van der Waals surface area contributed by atoms with Crippen LogP contribution in [0.15, 0.2) is 97.5 Å². The number of benzene rings is 2. The SMILES string of the molecule is COC(=O)[C@H](Cc1c[nH]c2ccccc12)NC(=O)c1ccc2nc(-c3ccccn3)c(-c3ccccn3)nc2c1. The monoisotopic (exact) mass is 528 g/mol. The smallest absolute Gasteiger partial charge is 0.328 e. The number of amides is 1. The van der Waals surface area contributed by atoms with Gasteiger partial charge < -0.3 is 15.0 Å². The van der Waals surface area contributed by atoms with Gasteiger partial charge in [0.25, 0.3) is 5.91 Å². The van der Waals surface area contributed by atoms with Crippen molar-refractivity contribution in [3.8, 4) is 22.8 Å². The van der Waals surface area contributed by atoms with Crippen molar-refractivity contribution in [1.29, 1.82) is 0 Å². The molecule has 6 aromatic rings. The fourth-order valence-electron chi connectivity index (χ4n) is 4.66. The van der Waals surface area contributed by atoms with Gasteiger partial charge in [0.2, 0.25) is 0 Å². The molecule has 196 valence electrons. The Morgan fingerprint density at radius 1 is 0.850 bits per heavy atom. The van der Waals surface area contributed by atoms with Crippen LogP contribution in [0.2, 0.25) is 0 Å². The van der Waals surface area contributed by atoms with Crippen LogP contribution in [-0.4, -0.2) is 49.9 Å². The van der Waals surface area contributed by atoms with E-state index in [-0.39, 0.29) is 6.42 Å². The summed E-state index contributed by atoms with van der Waals surface area (Å²) >= 11 is 0. The zero-order valence-electron chi connectivity index (χ0n) is 21.5. The molecule has 0 unspecified atom stereocenters. The van der Waals surface area contributed by atoms with Crippen LogP contribution in [0.3, 0.4) is 0 Å². The molecule has 2 N–H and O–H groups in total. The molecular formula is C31H24N6O3. The molecule has 2 aromatic carbocycles. The van der Waals surface area contributed by atoms with Crippen molar-refractivity contribution < 1.29 is 14.3 Å². The molecule has 0 bridgehead atoms. The minimum Gasteiger partial charge on any atom is -0.467 e. The molecule has 0 aliphatic carbocycles. The number of methoxy groups -OCH3 is 1. The lowest BCUT2D eigenvalue weighted by Gasteiger charge is -2.17. The largest absolute Gasteiger partial charge is 0.467 e. The summed E-state index contributed by atoms with van der Waals surface area (Å²) < 4.78 is 5.00. The van der Waals surface area contributed by atoms with Gasteiger partial charge in [-0.05, 0) is 54.1 Å². The molecular weight excluding hydrogens is 504 g/mol. The number of aromatic amines is 1. The second kappa shape index (κ2) is 10.7. The minimum atomic E-state index is -0.880. The van der Waals surface area contributed by atoms with Gasteiger partial charge in [0.1, 0.15) is 17.4 Å². The fraction of sp³-hybridized carbons (Fsp3) is 0.0968. The van der Waals surface area contributed by atoms with Gasteiger partial charge in [0.15, 0.2) is 0 Å². The molecule has 0 radical (unpaired) electrons. The lowest BCUT2D eigenvalue weighted by atomic mass is 10.0. The number of carbonyl (C=O) groups is 2. The van der Waals surface area contributed by atoms with E-state index in [9.17, 15) is 9.59 Å². The van der Waals surface area contributed by atoms with Crippen LogP contribution in [0, 0.1) is 0 Å². The lowest BCUT2D eigenvalue weighted by molar-refractivity contribution is -0.142. The Bertz CT molecular complexity index is 1840. The van der Waals surface area contributed by atoms with Gasteiger partial charge in [-0.15, -0.1) is 0 Å². The number of ether oxygens (including phenoxy) is 1. The zero-order valence-corrected chi connectivity index (χ0v) is 21.5. The molecule has 9 nitrogen and oxygen atoms in total. The van der Waals surface area contributed by atoms with Crippen LogP contribution in [0.4, 0.5) is 0 Å². The predicted octanol–water partition coefficient (Wildman–Crippen LogP) is 4.75. The maximum atomic E-state index is 13.4. The van der Waals surface area contributed by atoms with E-state index in [4.69, 9.17) is 14.7 Å². The van der Waals surface area contributed by atoms with Crippen molar-refractivity contribution in [2.75, 3.05) is 7.11 Å². The third-order valence-electron chi connectivity index (χ3n) is 6.63. The Labute approximate surface area is 229 Å². The summed E-state index contributed by atoms with van der Waals surface area (Å²) in [5, 5.41) is 3.82. The van der Waals surface area contributed by atoms with Crippen LogP contribution in [0.1, 0.15) is 15.9 Å². The highest BCUT2D eigenvalue weighted by Gasteiger charge is 2.24. The Morgan fingerprint density at radius 3 is 2.20 bits per heavy atom. The van der Waals surface area contributed by atoms with Crippen molar-refractivity contribution in [3.05, 3.63) is 109 Å². The first kappa shape index (κ1) is 24.9. The van der Waals surface area contributed by atoms with Gasteiger partial charge in [0.05, 0.1) is 29.5 Å². The number of nitrogens with zero attached hydrogens (tertiary/aromatic N) is 4. The maximum absolute atomic E-state index is 13.4. The summed E-state index contributed by atoms with van der Waals surface area (Å²) in [5.74, 6) is -0.955. The number of para-hydroxylation sites is 1. The molecule has 9 heteroatoms. The van der Waals surface area contributed by atoms with E-state index in [0.29, 0.717) is 39.4 Å². The number of H-pyrrole nitrogens is 1. The summed E-state index contributed by atoms with van der Waals surface area (Å²) in [6.45, 7) is 0. The van der Waals surface area contributed by atoms with Crippen LogP contribution in [0.5, 0.6) is 0 Å². The van der Waals surface area contributed by atoms with Gasteiger partial charge in [0, 0.05) is 41.5 Å². The third kappa shape index (κ3) is 4.88. The standard InChI is InChI=1S/C31H24N6O3/c1-40-31(39)27(17-20-18-34-22-9-3-2-8-21(20)22)37-30(38)19-12-13-23-26(16-19)36-29(25-11-5-7-15-33-25)28(35-23)24-10-4-6-14-32-24/h2-16,18,27,34H,17H2,1H3,(H,37,38)/t27-/m0/s1. The topological polar surface area (TPSA) is 123 Å². The van der Waals surface area contributed by atoms with Crippen molar-refractivity contribution in [3.63, 3.8) is 0 Å². The highest BCUT2D eigenvalue weighted by atomic mass is 16.5. The molecule has 0 fully saturated rings. The van der Waals surface area contributed by atoms with E-state index in [0.717, 1.165) is 16.5 Å². The highest BCUT2D eigenvalue weighted by Crippen LogP contribution is 2.29. The van der Waals surface area contributed by atoms with E-state index in [1.54, 1.807) is 30.6 Å². The summed E-state index contributed by atoms with van der Waals surface area (Å²) in [7, 11) is 1.31. The van der Waals surface area contributed by atoms with Crippen molar-refractivity contribution >= 4 is 33.8 Å². The number of rotatable bonds is 7.